The van der Waals surface area contributed by atoms with E-state index in [2.05, 4.69) is 79.5 Å². The molecule has 82 heavy (non-hydrogen) atoms. The number of H-pyrrole nitrogens is 1. The van der Waals surface area contributed by atoms with E-state index in [1.807, 2.05) is 24.3 Å². The predicted octanol–water partition coefficient (Wildman–Crippen LogP) is 7.31. The number of methoxy groups -OCH3 is 2. The summed E-state index contributed by atoms with van der Waals surface area (Å²) in [5.41, 5.74) is 2.92. The molecule has 4 aromatic rings. The summed E-state index contributed by atoms with van der Waals surface area (Å²) >= 11 is 15.3. The summed E-state index contributed by atoms with van der Waals surface area (Å²) in [6.45, 7) is 11.1. The minimum Gasteiger partial charge on any atom is -0.463 e. The topological polar surface area (TPSA) is 212 Å². The molecule has 2 aromatic carbocycles. The van der Waals surface area contributed by atoms with Crippen molar-refractivity contribution in [1.29, 1.82) is 1.43 Å². The van der Waals surface area contributed by atoms with E-state index in [9.17, 15) is 24.2 Å². The van der Waals surface area contributed by atoms with Gasteiger partial charge in [0.2, 0.25) is 0 Å². The van der Waals surface area contributed by atoms with Crippen molar-refractivity contribution in [2.75, 3.05) is 32.8 Å². The minimum absolute atomic E-state index is 0. The summed E-state index contributed by atoms with van der Waals surface area (Å²) in [5.74, 6) is 6.59. The average molecular weight is 1300 g/mol. The Morgan fingerprint density at radius 2 is 1.18 bits per heavy atom. The predicted molar refractivity (Wildman–Crippen MR) is 312 cm³/mol. The van der Waals surface area contributed by atoms with Gasteiger partial charge in [0.15, 0.2) is 5.78 Å². The van der Waals surface area contributed by atoms with Crippen LogP contribution in [-0.4, -0.2) is 108 Å². The van der Waals surface area contributed by atoms with Crippen molar-refractivity contribution in [2.24, 2.45) is 80.8 Å². The van der Waals surface area contributed by atoms with E-state index >= 15 is 0 Å². The standard InChI is InChI=1S/C29H40ClN3O3.C23H37BrO3.C6H4ClN3.CH2F.CH2O3.CH4.2K/c1-27-12-13-29(35,17-36-3)15-18(27)4-6-20-21-7-8-23(28(21,2)11-10-22(20)27)26(34)16-33-25-14-19(30)5-9-24(25)31-32-33;1-21-10-11-23(26,14-27-3)12-15(21)4-5-16-17-6-7-19(20(25)13-24)22(17,2)9-8-18(16)21;7-4-1-2-5-6(3-4)9-10-8-5;1-2;2-1-4-3;;;/h5,9,14,18,20-23,35H,4,6-8,10-13,15-17H2,1-3H3;15-19,26H,4-14H2,1-3H3;1-3H,(H,8,9,10);1H2;1,3H;1H4;;/q;;;-1;;;2*+1/t18-,20-,21-,22-,23+,27-,28-,29+;15-,16-,17-,18-,19+,21-,22-,23+;;;;;;/m00....../s1/i/hD. The van der Waals surface area contributed by atoms with Crippen LogP contribution >= 0.6 is 39.1 Å². The fraction of sp³-hybridized carbons (Fsp3) is 0.738. The molecule has 21 heteroatoms. The number of nitrogens with zero attached hydrogens (tertiary/aromatic N) is 5. The minimum atomic E-state index is -0.657. The zero-order valence-corrected chi connectivity index (χ0v) is 58.4. The van der Waals surface area contributed by atoms with Gasteiger partial charge in [0.25, 0.3) is 1.43 Å². The molecule has 8 aliphatic carbocycles. The second kappa shape index (κ2) is 30.8. The summed E-state index contributed by atoms with van der Waals surface area (Å²) in [6.07, 6.45) is 20.0. The Morgan fingerprint density at radius 3 is 1.66 bits per heavy atom. The smallest absolute Gasteiger partial charge is 0.463 e. The van der Waals surface area contributed by atoms with Crippen LogP contribution in [0.2, 0.25) is 10.0 Å². The van der Waals surface area contributed by atoms with E-state index in [4.69, 9.17) is 38.9 Å². The maximum Gasteiger partial charge on any atom is 1.00 e. The molecule has 4 N–H and O–H groups in total. The van der Waals surface area contributed by atoms with Crippen LogP contribution < -0.4 is 103 Å². The van der Waals surface area contributed by atoms with E-state index in [0.717, 1.165) is 104 Å². The van der Waals surface area contributed by atoms with Crippen molar-refractivity contribution in [1.82, 2.24) is 30.4 Å². The van der Waals surface area contributed by atoms with Gasteiger partial charge < -0.3 is 29.0 Å². The van der Waals surface area contributed by atoms with Gasteiger partial charge in [-0.3, -0.25) is 14.4 Å². The number of ether oxygens (including phenoxy) is 2. The number of hydrogen-bond acceptors (Lipinski definition) is 13. The first-order chi connectivity index (χ1) is 38.2. The molecule has 8 aliphatic rings. The van der Waals surface area contributed by atoms with Gasteiger partial charge in [-0.1, -0.05) is 79.5 Å². The van der Waals surface area contributed by atoms with Crippen LogP contribution in [0.1, 0.15) is 151 Å². The molecule has 446 valence electrons. The summed E-state index contributed by atoms with van der Waals surface area (Å²) < 4.78 is 27.3. The third kappa shape index (κ3) is 14.8. The van der Waals surface area contributed by atoms with Crippen LogP contribution in [-0.2, 0) is 35.3 Å². The van der Waals surface area contributed by atoms with Crippen molar-refractivity contribution in [3.8, 4) is 0 Å². The monoisotopic (exact) mass is 1300 g/mol. The van der Waals surface area contributed by atoms with Crippen LogP contribution in [0.15, 0.2) is 36.4 Å². The van der Waals surface area contributed by atoms with Gasteiger partial charge >= 0.3 is 109 Å². The molecule has 0 unspecified atom stereocenters. The molecule has 8 fully saturated rings. The Morgan fingerprint density at radius 1 is 0.707 bits per heavy atom. The maximum absolute atomic E-state index is 13.7. The Hall–Kier alpha value is 0.113. The Labute approximate surface area is 590 Å². The molecular formula is C61H89BrCl2FK2N6O9+. The number of hydrogen-bond donors (Lipinski definition) is 4. The molecule has 2 aromatic heterocycles. The molecular weight excluding hydrogens is 1210 g/mol. The van der Waals surface area contributed by atoms with Gasteiger partial charge in [0.1, 0.15) is 28.9 Å². The van der Waals surface area contributed by atoms with Gasteiger partial charge in [-0.15, -0.1) is 5.10 Å². The van der Waals surface area contributed by atoms with Crippen molar-refractivity contribution >= 4 is 79.2 Å². The fourth-order valence-electron chi connectivity index (χ4n) is 18.7. The zero-order chi connectivity index (χ0) is 57.8. The number of aromatic nitrogens is 6. The Kier molecular flexibility index (Phi) is 26.7. The second-order valence-corrected chi connectivity index (χ2v) is 27.4. The maximum atomic E-state index is 13.7. The molecule has 0 bridgehead atoms. The molecule has 0 radical (unpaired) electrons. The van der Waals surface area contributed by atoms with Crippen LogP contribution in [0.4, 0.5) is 4.39 Å². The van der Waals surface area contributed by atoms with Gasteiger partial charge in [0.05, 0.1) is 35.3 Å². The molecule has 8 saturated carbocycles. The number of nitrogens with one attached hydrogen (secondary N) is 1. The number of halogens is 4. The van der Waals surface area contributed by atoms with Crippen LogP contribution in [0, 0.1) is 88.0 Å². The van der Waals surface area contributed by atoms with Gasteiger partial charge in [0, 0.05) is 36.1 Å². The number of aromatic amines is 1. The van der Waals surface area contributed by atoms with Crippen molar-refractivity contribution in [3.63, 3.8) is 0 Å². The molecule has 15 nitrogen and oxygen atoms in total. The Balaban J connectivity index is 0.000000235. The van der Waals surface area contributed by atoms with E-state index in [1.54, 1.807) is 38.2 Å². The molecule has 2 heterocycles. The summed E-state index contributed by atoms with van der Waals surface area (Å²) in [6, 6.07) is 10.9. The van der Waals surface area contributed by atoms with E-state index in [1.165, 1.54) is 51.4 Å². The average Bonchev–Trinajstić information content (AvgIpc) is 1.92. The first-order valence-electron chi connectivity index (χ1n) is 29.1. The summed E-state index contributed by atoms with van der Waals surface area (Å²) in [4.78, 5) is 38.6. The molecule has 0 saturated heterocycles. The molecule has 0 amide bonds. The van der Waals surface area contributed by atoms with E-state index in [0.29, 0.717) is 80.6 Å². The van der Waals surface area contributed by atoms with Crippen molar-refractivity contribution in [2.45, 2.75) is 168 Å². The SMILES string of the molecule is C.COC[C@@]1(O)CC[C@@]2(C)[C@@H](CC[C@@H]3[C@@H]2CC[C@]2(C)[C@@H](C(=O)CBr)CC[C@@H]32)C1.COC[C@@]1(O)CC[C@@]2(C)[C@@H](CC[C@@H]3[C@@H]2CC[C@]2(C)[C@@H](C(=O)Cn4nnc5ccc(Cl)cc54)CC[C@@H]32)C1.Clc1ccc2n[nH]nc2c1.[2H]OOC=O.[CH2-]F.[K+].[K+]. The van der Waals surface area contributed by atoms with Gasteiger partial charge in [-0.2, -0.15) is 22.6 Å². The number of fused-ring (bicyclic) bond motifs is 12. The molecule has 16 atom stereocenters. The largest absolute Gasteiger partial charge is 1.00 e. The van der Waals surface area contributed by atoms with Crippen LogP contribution in [0.25, 0.3) is 23.5 Å². The van der Waals surface area contributed by atoms with Crippen molar-refractivity contribution < 1.29 is 151 Å². The number of Topliss-reactive ketones (excluding diaryl/α,β-unsaturated/α-hetero) is 2. The van der Waals surface area contributed by atoms with Gasteiger partial charge in [-0.05, 0) is 221 Å². The quantitative estimate of drug-likeness (QED) is 0.0290. The van der Waals surface area contributed by atoms with Crippen LogP contribution in [0.3, 0.4) is 0 Å². The molecule has 12 rings (SSSR count). The Bertz CT molecular complexity index is 2780. The third-order valence-corrected chi connectivity index (χ3v) is 23.5. The van der Waals surface area contributed by atoms with E-state index in [-0.39, 0.29) is 146 Å². The normalized spacial score (nSPS) is 37.4. The number of carbonyl (C=O) groups is 3. The number of alkyl halides is 1. The zero-order valence-electron chi connectivity index (χ0n) is 50.1. The van der Waals surface area contributed by atoms with Crippen molar-refractivity contribution in [3.05, 3.63) is 53.6 Å². The summed E-state index contributed by atoms with van der Waals surface area (Å²) in [7, 11) is 5.15. The molecule has 0 spiro atoms. The molecule has 0 aliphatic heterocycles. The summed E-state index contributed by atoms with van der Waals surface area (Å²) in [5, 5.41) is 45.7. The van der Waals surface area contributed by atoms with E-state index < -0.39 is 11.2 Å². The second-order valence-electron chi connectivity index (χ2n) is 26.0. The first kappa shape index (κ1) is 71.2. The third-order valence-electron chi connectivity index (χ3n) is 22.5. The number of benzene rings is 2. The first-order valence-corrected chi connectivity index (χ1v) is 30.6. The number of ketones is 2. The fourth-order valence-corrected chi connectivity index (χ4v) is 19.4. The van der Waals surface area contributed by atoms with Gasteiger partial charge in [-0.25, -0.2) is 9.94 Å². The number of rotatable bonds is 11. The number of aliphatic hydroxyl groups is 2. The van der Waals surface area contributed by atoms with Crippen LogP contribution in [0.5, 0.6) is 0 Å². The number of carbonyl (C=O) groups excluding carboxylic acids is 3.